The molecule has 248 valence electrons. The number of hydrogen-bond donors (Lipinski definition) is 1. The Morgan fingerprint density at radius 1 is 0.935 bits per heavy atom. The number of ether oxygens (including phenoxy) is 2. The summed E-state index contributed by atoms with van der Waals surface area (Å²) in [7, 11) is 7.37. The van der Waals surface area contributed by atoms with Gasteiger partial charge in [-0.05, 0) is 119 Å². The summed E-state index contributed by atoms with van der Waals surface area (Å²) >= 11 is 1.50. The van der Waals surface area contributed by atoms with Crippen LogP contribution in [0.4, 0.5) is 5.69 Å². The Morgan fingerprint density at radius 3 is 2.33 bits per heavy atom. The summed E-state index contributed by atoms with van der Waals surface area (Å²) in [6.07, 6.45) is 9.25. The van der Waals surface area contributed by atoms with Crippen molar-refractivity contribution in [3.05, 3.63) is 59.8 Å². The van der Waals surface area contributed by atoms with Crippen LogP contribution in [0, 0.1) is 24.7 Å². The molecule has 0 radical (unpaired) electrons. The number of benzene rings is 2. The highest BCUT2D eigenvalue weighted by Gasteiger charge is 2.34. The molecule has 1 N–H and O–H groups in total. The van der Waals surface area contributed by atoms with Gasteiger partial charge >= 0.3 is 0 Å². The lowest BCUT2D eigenvalue weighted by Crippen LogP contribution is -2.43. The molecule has 2 amide bonds. The van der Waals surface area contributed by atoms with Crippen molar-refractivity contribution in [3.63, 3.8) is 0 Å². The monoisotopic (exact) mass is 646 g/mol. The van der Waals surface area contributed by atoms with Gasteiger partial charge in [0.05, 0.1) is 19.1 Å². The fourth-order valence-electron chi connectivity index (χ4n) is 7.10. The number of carbonyl (C=O) groups excluding carboxylic acids is 2. The lowest BCUT2D eigenvalue weighted by Gasteiger charge is -2.36. The molecule has 5 rings (SSSR count). The number of hydrogen-bond acceptors (Lipinski definition) is 7. The zero-order valence-corrected chi connectivity index (χ0v) is 28.9. The van der Waals surface area contributed by atoms with Gasteiger partial charge < -0.3 is 24.6 Å². The summed E-state index contributed by atoms with van der Waals surface area (Å²) in [5, 5.41) is 3.71. The van der Waals surface area contributed by atoms with Crippen LogP contribution >= 0.6 is 11.3 Å². The van der Waals surface area contributed by atoms with Crippen LogP contribution in [0.2, 0.25) is 0 Å². The zero-order chi connectivity index (χ0) is 32.6. The summed E-state index contributed by atoms with van der Waals surface area (Å²) in [5.74, 6) is 2.14. The third-order valence-corrected chi connectivity index (χ3v) is 10.9. The van der Waals surface area contributed by atoms with Crippen LogP contribution in [0.25, 0.3) is 10.4 Å². The molecule has 2 saturated carbocycles. The second-order valence-electron chi connectivity index (χ2n) is 13.3. The van der Waals surface area contributed by atoms with Crippen molar-refractivity contribution in [3.8, 4) is 21.4 Å². The first kappa shape index (κ1) is 33.9. The Balaban J connectivity index is 1.28. The number of nitrogens with zero attached hydrogens (tertiary/aromatic N) is 3. The second kappa shape index (κ2) is 15.9. The van der Waals surface area contributed by atoms with Gasteiger partial charge in [-0.2, -0.15) is 0 Å². The van der Waals surface area contributed by atoms with Gasteiger partial charge in [0.25, 0.3) is 5.19 Å². The molecule has 1 aromatic heterocycles. The zero-order valence-electron chi connectivity index (χ0n) is 28.1. The van der Waals surface area contributed by atoms with E-state index in [0.29, 0.717) is 30.1 Å². The van der Waals surface area contributed by atoms with E-state index in [1.165, 1.54) is 22.5 Å². The molecule has 1 heterocycles. The molecule has 0 aliphatic heterocycles. The minimum atomic E-state index is -0.0726. The van der Waals surface area contributed by atoms with Crippen molar-refractivity contribution >= 4 is 28.8 Å². The molecule has 0 spiro atoms. The summed E-state index contributed by atoms with van der Waals surface area (Å²) in [4.78, 5) is 36.7. The number of aryl methyl sites for hydroxylation is 1. The van der Waals surface area contributed by atoms with Crippen LogP contribution in [-0.4, -0.2) is 69.6 Å². The van der Waals surface area contributed by atoms with Crippen molar-refractivity contribution in [1.82, 2.24) is 15.2 Å². The van der Waals surface area contributed by atoms with Crippen molar-refractivity contribution in [2.24, 2.45) is 17.8 Å². The first-order valence-electron chi connectivity index (χ1n) is 16.7. The molecule has 2 aromatic carbocycles. The van der Waals surface area contributed by atoms with E-state index in [1.54, 1.807) is 14.2 Å². The average Bonchev–Trinajstić information content (AvgIpc) is 3.57. The van der Waals surface area contributed by atoms with Crippen LogP contribution in [0.3, 0.4) is 0 Å². The van der Waals surface area contributed by atoms with Crippen LogP contribution in [-0.2, 0) is 9.59 Å². The SMILES string of the molecule is COc1ncc(-c2cccc(N(C[C@H]3CC[C@H](c4ccc(OC)c(C)c4)CC3)C(=O)[C@H]3CC[C@H](C(=O)NCCN(C)C)CC3)c2)s1. The number of likely N-dealkylation sites (N-methyl/N-ethyl adjacent to an activating group) is 1. The number of methoxy groups -OCH3 is 2. The molecule has 0 unspecified atom stereocenters. The normalized spacial score (nSPS) is 21.5. The molecule has 0 atom stereocenters. The first-order chi connectivity index (χ1) is 22.2. The summed E-state index contributed by atoms with van der Waals surface area (Å²) in [5.41, 5.74) is 4.54. The quantitative estimate of drug-likeness (QED) is 0.230. The fraction of sp³-hybridized carbons (Fsp3) is 0.541. The number of rotatable bonds is 12. The van der Waals surface area contributed by atoms with E-state index in [4.69, 9.17) is 9.47 Å². The van der Waals surface area contributed by atoms with Crippen molar-refractivity contribution < 1.29 is 19.1 Å². The van der Waals surface area contributed by atoms with Crippen LogP contribution in [0.1, 0.15) is 68.4 Å². The van der Waals surface area contributed by atoms with E-state index in [9.17, 15) is 9.59 Å². The fourth-order valence-corrected chi connectivity index (χ4v) is 7.82. The highest BCUT2D eigenvalue weighted by Crippen LogP contribution is 2.40. The number of thiazole rings is 1. The highest BCUT2D eigenvalue weighted by atomic mass is 32.1. The lowest BCUT2D eigenvalue weighted by molar-refractivity contribution is -0.129. The molecule has 2 aliphatic carbocycles. The van der Waals surface area contributed by atoms with Gasteiger partial charge in [-0.1, -0.05) is 35.6 Å². The Kier molecular flexibility index (Phi) is 11.7. The van der Waals surface area contributed by atoms with Gasteiger partial charge in [0.1, 0.15) is 5.75 Å². The van der Waals surface area contributed by atoms with Crippen LogP contribution in [0.15, 0.2) is 48.7 Å². The number of aromatic nitrogens is 1. The molecular formula is C37H50N4O4S. The predicted octanol–water partition coefficient (Wildman–Crippen LogP) is 6.93. The highest BCUT2D eigenvalue weighted by molar-refractivity contribution is 7.16. The number of anilines is 1. The summed E-state index contributed by atoms with van der Waals surface area (Å²) in [6, 6.07) is 14.9. The van der Waals surface area contributed by atoms with E-state index in [1.807, 2.05) is 26.4 Å². The van der Waals surface area contributed by atoms with E-state index in [-0.39, 0.29) is 23.7 Å². The van der Waals surface area contributed by atoms with Crippen molar-refractivity contribution in [2.75, 3.05) is 52.8 Å². The molecule has 2 aliphatic rings. The number of amides is 2. The summed E-state index contributed by atoms with van der Waals surface area (Å²) < 4.78 is 10.8. The molecule has 0 saturated heterocycles. The minimum absolute atomic E-state index is 0.0128. The van der Waals surface area contributed by atoms with Gasteiger partial charge in [0.2, 0.25) is 11.8 Å². The maximum atomic E-state index is 14.4. The van der Waals surface area contributed by atoms with Crippen molar-refractivity contribution in [2.45, 2.75) is 64.2 Å². The van der Waals surface area contributed by atoms with Gasteiger partial charge in [-0.25, -0.2) is 4.98 Å². The van der Waals surface area contributed by atoms with Gasteiger partial charge in [-0.15, -0.1) is 0 Å². The van der Waals surface area contributed by atoms with Crippen molar-refractivity contribution in [1.29, 1.82) is 0 Å². The minimum Gasteiger partial charge on any atom is -0.496 e. The standard InChI is InChI=1S/C37H50N4O4S/c1-25-21-30(17-18-33(25)44-4)27-11-9-26(10-12-27)24-41(32-8-6-7-31(22-32)34-23-39-37(45-5)46-34)36(43)29-15-13-28(14-16-29)35(42)38-19-20-40(2)3/h6-8,17-18,21-23,26-29H,9-16,19-20,24H2,1-5H3,(H,38,42)/t26-,27-,28-,29-. The molecule has 3 aromatic rings. The van der Waals surface area contributed by atoms with E-state index in [0.717, 1.165) is 79.8 Å². The Labute approximate surface area is 278 Å². The Hall–Kier alpha value is -3.43. The van der Waals surface area contributed by atoms with Gasteiger partial charge in [0, 0.05) is 43.4 Å². The average molecular weight is 647 g/mol. The second-order valence-corrected chi connectivity index (χ2v) is 14.3. The molecular weight excluding hydrogens is 596 g/mol. The third kappa shape index (κ3) is 8.48. The summed E-state index contributed by atoms with van der Waals surface area (Å²) in [6.45, 7) is 4.30. The van der Waals surface area contributed by atoms with Gasteiger partial charge in [-0.3, -0.25) is 9.59 Å². The molecule has 8 nitrogen and oxygen atoms in total. The topological polar surface area (TPSA) is 84.0 Å². The van der Waals surface area contributed by atoms with Crippen LogP contribution in [0.5, 0.6) is 10.9 Å². The Bertz CT molecular complexity index is 1460. The van der Waals surface area contributed by atoms with Gasteiger partial charge in [0.15, 0.2) is 0 Å². The van der Waals surface area contributed by atoms with E-state index >= 15 is 0 Å². The maximum Gasteiger partial charge on any atom is 0.273 e. The molecule has 9 heteroatoms. The first-order valence-corrected chi connectivity index (χ1v) is 17.6. The Morgan fingerprint density at radius 2 is 1.67 bits per heavy atom. The number of nitrogens with one attached hydrogen (secondary N) is 1. The molecule has 0 bridgehead atoms. The molecule has 2 fully saturated rings. The number of carbonyl (C=O) groups is 2. The van der Waals surface area contributed by atoms with Crippen LogP contribution < -0.4 is 19.7 Å². The largest absolute Gasteiger partial charge is 0.496 e. The van der Waals surface area contributed by atoms with E-state index < -0.39 is 0 Å². The smallest absolute Gasteiger partial charge is 0.273 e. The van der Waals surface area contributed by atoms with E-state index in [2.05, 4.69) is 63.4 Å². The lowest BCUT2D eigenvalue weighted by atomic mass is 9.77. The maximum absolute atomic E-state index is 14.4. The third-order valence-electron chi connectivity index (χ3n) is 9.85. The molecule has 46 heavy (non-hydrogen) atoms. The predicted molar refractivity (Wildman–Crippen MR) is 186 cm³/mol.